The number of barbiturate groups is 1. The van der Waals surface area contributed by atoms with Gasteiger partial charge in [0.25, 0.3) is 17.5 Å². The summed E-state index contributed by atoms with van der Waals surface area (Å²) in [6, 6.07) is 11.0. The summed E-state index contributed by atoms with van der Waals surface area (Å²) in [7, 11) is 0. The van der Waals surface area contributed by atoms with Gasteiger partial charge in [0.1, 0.15) is 17.1 Å². The van der Waals surface area contributed by atoms with Crippen LogP contribution in [0.5, 0.6) is 0 Å². The highest BCUT2D eigenvalue weighted by Gasteiger charge is 2.37. The van der Waals surface area contributed by atoms with Crippen molar-refractivity contribution >= 4 is 62.8 Å². The Labute approximate surface area is 199 Å². The molecule has 0 aliphatic carbocycles. The number of amides is 4. The maximum atomic E-state index is 13.0. The molecular formula is C22H13BrClN3O6. The van der Waals surface area contributed by atoms with E-state index in [4.69, 9.17) is 16.0 Å². The smallest absolute Gasteiger partial charge is 0.335 e. The molecule has 4 rings (SSSR count). The van der Waals surface area contributed by atoms with Gasteiger partial charge in [-0.2, -0.15) is 0 Å². The molecule has 0 saturated carbocycles. The van der Waals surface area contributed by atoms with E-state index < -0.39 is 22.8 Å². The van der Waals surface area contributed by atoms with Crippen LogP contribution in [0.4, 0.5) is 16.2 Å². The number of nitro groups is 1. The van der Waals surface area contributed by atoms with Crippen LogP contribution >= 0.6 is 27.5 Å². The highest BCUT2D eigenvalue weighted by Crippen LogP contribution is 2.33. The first-order chi connectivity index (χ1) is 15.7. The van der Waals surface area contributed by atoms with Gasteiger partial charge in [0.15, 0.2) is 0 Å². The number of rotatable bonds is 4. The lowest BCUT2D eigenvalue weighted by Crippen LogP contribution is -2.54. The van der Waals surface area contributed by atoms with Gasteiger partial charge in [0.05, 0.1) is 15.6 Å². The van der Waals surface area contributed by atoms with Crippen molar-refractivity contribution in [1.29, 1.82) is 0 Å². The van der Waals surface area contributed by atoms with Crippen molar-refractivity contribution in [3.05, 3.63) is 85.0 Å². The number of carbonyl (C=O) groups excluding carboxylic acids is 3. The number of hydrogen-bond acceptors (Lipinski definition) is 6. The second-order valence-electron chi connectivity index (χ2n) is 7.01. The number of non-ortho nitro benzene ring substituents is 1. The zero-order valence-electron chi connectivity index (χ0n) is 16.8. The van der Waals surface area contributed by atoms with Crippen molar-refractivity contribution in [3.63, 3.8) is 0 Å². The van der Waals surface area contributed by atoms with Crippen LogP contribution in [0, 0.1) is 17.0 Å². The molecule has 0 unspecified atom stereocenters. The van der Waals surface area contributed by atoms with Gasteiger partial charge < -0.3 is 4.42 Å². The van der Waals surface area contributed by atoms with E-state index in [0.29, 0.717) is 11.3 Å². The Bertz CT molecular complexity index is 1380. The molecule has 4 amide bonds. The normalized spacial score (nSPS) is 15.2. The van der Waals surface area contributed by atoms with Gasteiger partial charge in [-0.15, -0.1) is 0 Å². The van der Waals surface area contributed by atoms with E-state index in [9.17, 15) is 24.5 Å². The topological polar surface area (TPSA) is 123 Å². The highest BCUT2D eigenvalue weighted by molar-refractivity contribution is 9.10. The Hall–Kier alpha value is -3.76. The summed E-state index contributed by atoms with van der Waals surface area (Å²) in [6.07, 6.45) is 1.21. The highest BCUT2D eigenvalue weighted by atomic mass is 79.9. The van der Waals surface area contributed by atoms with Gasteiger partial charge in [-0.05, 0) is 55.0 Å². The molecule has 0 spiro atoms. The van der Waals surface area contributed by atoms with Crippen LogP contribution in [0.1, 0.15) is 11.3 Å². The van der Waals surface area contributed by atoms with Crippen LogP contribution in [0.3, 0.4) is 0 Å². The minimum absolute atomic E-state index is 0.103. The summed E-state index contributed by atoms with van der Waals surface area (Å²) in [6.45, 7) is 1.80. The SMILES string of the molecule is Cc1cc(N2C(=O)NC(=O)/C(=C\c3ccc(-c4ccc([N+](=O)[O-])cc4Cl)o3)C2=O)ccc1Br. The fraction of sp³-hybridized carbons (Fsp3) is 0.0455. The molecule has 2 aromatic carbocycles. The molecule has 2 heterocycles. The molecule has 1 fully saturated rings. The molecular weight excluding hydrogens is 518 g/mol. The maximum absolute atomic E-state index is 13.0. The van der Waals surface area contributed by atoms with Crippen LogP contribution in [-0.2, 0) is 9.59 Å². The monoisotopic (exact) mass is 529 g/mol. The van der Waals surface area contributed by atoms with Crippen molar-refractivity contribution in [2.45, 2.75) is 6.92 Å². The molecule has 3 aromatic rings. The molecule has 1 aliphatic rings. The van der Waals surface area contributed by atoms with Gasteiger partial charge in [0.2, 0.25) is 0 Å². The number of aryl methyl sites for hydroxylation is 1. The quantitative estimate of drug-likeness (QED) is 0.213. The summed E-state index contributed by atoms with van der Waals surface area (Å²) in [5.41, 5.74) is 1.02. The largest absolute Gasteiger partial charge is 0.457 e. The van der Waals surface area contributed by atoms with Crippen molar-refractivity contribution in [1.82, 2.24) is 5.32 Å². The lowest BCUT2D eigenvalue weighted by Gasteiger charge is -2.26. The molecule has 166 valence electrons. The number of nitro benzene ring substituents is 1. The third-order valence-electron chi connectivity index (χ3n) is 4.84. The molecule has 1 aliphatic heterocycles. The van der Waals surface area contributed by atoms with E-state index in [-0.39, 0.29) is 27.8 Å². The summed E-state index contributed by atoms with van der Waals surface area (Å²) in [4.78, 5) is 48.9. The van der Waals surface area contributed by atoms with Gasteiger partial charge in [-0.25, -0.2) is 9.69 Å². The van der Waals surface area contributed by atoms with E-state index in [1.165, 1.54) is 30.3 Å². The van der Waals surface area contributed by atoms with E-state index in [1.807, 2.05) is 0 Å². The van der Waals surface area contributed by atoms with Crippen LogP contribution in [-0.4, -0.2) is 22.8 Å². The fourth-order valence-electron chi connectivity index (χ4n) is 3.19. The van der Waals surface area contributed by atoms with Gasteiger partial charge >= 0.3 is 6.03 Å². The molecule has 9 nitrogen and oxygen atoms in total. The Morgan fingerprint density at radius 3 is 2.55 bits per heavy atom. The van der Waals surface area contributed by atoms with E-state index in [1.54, 1.807) is 31.2 Å². The minimum Gasteiger partial charge on any atom is -0.457 e. The lowest BCUT2D eigenvalue weighted by molar-refractivity contribution is -0.384. The van der Waals surface area contributed by atoms with E-state index >= 15 is 0 Å². The molecule has 0 radical (unpaired) electrons. The third kappa shape index (κ3) is 4.30. The number of carbonyl (C=O) groups is 3. The minimum atomic E-state index is -0.860. The summed E-state index contributed by atoms with van der Waals surface area (Å²) >= 11 is 9.50. The van der Waals surface area contributed by atoms with Crippen molar-refractivity contribution in [3.8, 4) is 11.3 Å². The molecule has 11 heteroatoms. The molecule has 0 atom stereocenters. The van der Waals surface area contributed by atoms with E-state index in [0.717, 1.165) is 14.9 Å². The number of nitrogens with one attached hydrogen (secondary N) is 1. The van der Waals surface area contributed by atoms with Crippen LogP contribution in [0.15, 0.2) is 63.0 Å². The number of halogens is 2. The summed E-state index contributed by atoms with van der Waals surface area (Å²) in [5.74, 6) is -1.24. The van der Waals surface area contributed by atoms with Crippen LogP contribution in [0.25, 0.3) is 17.4 Å². The Morgan fingerprint density at radius 2 is 1.88 bits per heavy atom. The average Bonchev–Trinajstić information content (AvgIpc) is 3.21. The van der Waals surface area contributed by atoms with E-state index in [2.05, 4.69) is 21.2 Å². The number of anilines is 1. The zero-order valence-corrected chi connectivity index (χ0v) is 19.1. The van der Waals surface area contributed by atoms with Crippen LogP contribution < -0.4 is 10.2 Å². The van der Waals surface area contributed by atoms with Crippen molar-refractivity contribution < 1.29 is 23.7 Å². The molecule has 33 heavy (non-hydrogen) atoms. The fourth-order valence-corrected chi connectivity index (χ4v) is 3.71. The summed E-state index contributed by atoms with van der Waals surface area (Å²) in [5, 5.41) is 13.1. The molecule has 1 aromatic heterocycles. The summed E-state index contributed by atoms with van der Waals surface area (Å²) < 4.78 is 6.48. The van der Waals surface area contributed by atoms with Crippen molar-refractivity contribution in [2.24, 2.45) is 0 Å². The number of benzene rings is 2. The second-order valence-corrected chi connectivity index (χ2v) is 8.28. The molecule has 1 saturated heterocycles. The predicted octanol–water partition coefficient (Wildman–Crippen LogP) is 5.25. The molecule has 1 N–H and O–H groups in total. The van der Waals surface area contributed by atoms with Crippen LogP contribution in [0.2, 0.25) is 5.02 Å². The number of nitrogens with zero attached hydrogens (tertiary/aromatic N) is 2. The van der Waals surface area contributed by atoms with Crippen molar-refractivity contribution in [2.75, 3.05) is 4.90 Å². The molecule has 0 bridgehead atoms. The van der Waals surface area contributed by atoms with Gasteiger partial charge in [-0.1, -0.05) is 27.5 Å². The Balaban J connectivity index is 1.67. The standard InChI is InChI=1S/C22H13BrClN3O6/c1-11-8-12(3-6-17(11)23)26-21(29)16(20(28)25-22(26)30)10-14-4-7-19(33-14)15-5-2-13(27(31)32)9-18(15)24/h2-10H,1H3,(H,25,28,30)/b16-10+. The second kappa shape index (κ2) is 8.64. The Morgan fingerprint density at radius 1 is 1.12 bits per heavy atom. The lowest BCUT2D eigenvalue weighted by atomic mass is 10.1. The van der Waals surface area contributed by atoms with Gasteiger partial charge in [-0.3, -0.25) is 25.0 Å². The predicted molar refractivity (Wildman–Crippen MR) is 124 cm³/mol. The number of furan rings is 1. The maximum Gasteiger partial charge on any atom is 0.335 e. The first kappa shape index (κ1) is 22.4. The van der Waals surface area contributed by atoms with Gasteiger partial charge in [0, 0.05) is 22.2 Å². The average molecular weight is 531 g/mol. The number of imide groups is 2. The first-order valence-corrected chi connectivity index (χ1v) is 10.5. The Kier molecular flexibility index (Phi) is 5.88. The number of urea groups is 1. The number of hydrogen-bond donors (Lipinski definition) is 1. The third-order valence-corrected chi connectivity index (χ3v) is 6.05. The zero-order chi connectivity index (χ0) is 23.9. The first-order valence-electron chi connectivity index (χ1n) is 9.37.